The number of phenols is 1. The number of nitrogens with one attached hydrogen (secondary N) is 2. The topological polar surface area (TPSA) is 113 Å². The second-order valence-electron chi connectivity index (χ2n) is 4.52. The van der Waals surface area contributed by atoms with Crippen molar-refractivity contribution in [1.82, 2.24) is 0 Å². The van der Waals surface area contributed by atoms with Gasteiger partial charge in [0.25, 0.3) is 10.0 Å². The van der Waals surface area contributed by atoms with Crippen molar-refractivity contribution in [3.63, 3.8) is 0 Å². The van der Waals surface area contributed by atoms with E-state index in [0.717, 1.165) is 6.26 Å². The molecule has 0 aliphatic rings. The molecule has 7 nitrogen and oxygen atoms in total. The van der Waals surface area contributed by atoms with Crippen LogP contribution < -0.4 is 9.44 Å². The van der Waals surface area contributed by atoms with E-state index in [2.05, 4.69) is 9.44 Å². The number of phenolic OH excluding ortho intramolecular Hbond substituents is 1. The van der Waals surface area contributed by atoms with E-state index in [1.807, 2.05) is 0 Å². The Labute approximate surface area is 128 Å². The second-order valence-corrected chi connectivity index (χ2v) is 7.96. The Hall–Kier alpha value is -2.26. The second kappa shape index (κ2) is 5.85. The minimum atomic E-state index is -3.80. The molecule has 2 aromatic rings. The number of hydrogen-bond donors (Lipinski definition) is 3. The van der Waals surface area contributed by atoms with Gasteiger partial charge in [-0.05, 0) is 30.3 Å². The maximum Gasteiger partial charge on any atom is 0.261 e. The first-order valence-corrected chi connectivity index (χ1v) is 9.43. The van der Waals surface area contributed by atoms with Crippen molar-refractivity contribution < 1.29 is 21.9 Å². The fraction of sp³-hybridized carbons (Fsp3) is 0.0769. The van der Waals surface area contributed by atoms with Gasteiger partial charge in [0, 0.05) is 0 Å². The van der Waals surface area contributed by atoms with Crippen LogP contribution in [-0.2, 0) is 20.0 Å². The van der Waals surface area contributed by atoms with Crippen LogP contribution in [0.4, 0.5) is 11.4 Å². The van der Waals surface area contributed by atoms with E-state index in [1.54, 1.807) is 18.2 Å². The molecule has 0 aromatic heterocycles. The van der Waals surface area contributed by atoms with Crippen LogP contribution in [0.1, 0.15) is 0 Å². The third kappa shape index (κ3) is 4.12. The van der Waals surface area contributed by atoms with Gasteiger partial charge in [0.05, 0.1) is 22.5 Å². The molecule has 0 bridgehead atoms. The molecular weight excluding hydrogens is 328 g/mol. The summed E-state index contributed by atoms with van der Waals surface area (Å²) in [6, 6.07) is 11.4. The third-order valence-electron chi connectivity index (χ3n) is 2.60. The van der Waals surface area contributed by atoms with Gasteiger partial charge in [-0.2, -0.15) is 0 Å². The lowest BCUT2D eigenvalue weighted by Crippen LogP contribution is -2.14. The number of sulfonamides is 2. The molecular formula is C13H14N2O5S2. The summed E-state index contributed by atoms with van der Waals surface area (Å²) in [6.45, 7) is 0. The van der Waals surface area contributed by atoms with Gasteiger partial charge in [-0.25, -0.2) is 16.8 Å². The van der Waals surface area contributed by atoms with Crippen LogP contribution in [0.25, 0.3) is 0 Å². The molecule has 0 aliphatic heterocycles. The summed E-state index contributed by atoms with van der Waals surface area (Å²) in [5.41, 5.74) is 0.00330. The Morgan fingerprint density at radius 1 is 0.909 bits per heavy atom. The van der Waals surface area contributed by atoms with Gasteiger partial charge in [0.15, 0.2) is 0 Å². The SMILES string of the molecule is CS(=O)(=O)Nc1cc(NS(=O)(=O)c2ccccc2)ccc1O. The predicted molar refractivity (Wildman–Crippen MR) is 83.8 cm³/mol. The number of aromatic hydroxyl groups is 1. The highest BCUT2D eigenvalue weighted by Crippen LogP contribution is 2.28. The lowest BCUT2D eigenvalue weighted by molar-refractivity contribution is 0.478. The fourth-order valence-corrected chi connectivity index (χ4v) is 3.33. The molecule has 0 spiro atoms. The Morgan fingerprint density at radius 2 is 1.55 bits per heavy atom. The van der Waals surface area contributed by atoms with Crippen LogP contribution >= 0.6 is 0 Å². The van der Waals surface area contributed by atoms with Crippen molar-refractivity contribution >= 4 is 31.4 Å². The zero-order valence-corrected chi connectivity index (χ0v) is 13.1. The largest absolute Gasteiger partial charge is 0.506 e. The van der Waals surface area contributed by atoms with Crippen molar-refractivity contribution in [3.8, 4) is 5.75 Å². The summed E-state index contributed by atoms with van der Waals surface area (Å²) in [5.74, 6) is -0.312. The third-order valence-corrected chi connectivity index (χ3v) is 4.59. The summed E-state index contributed by atoms with van der Waals surface area (Å²) >= 11 is 0. The van der Waals surface area contributed by atoms with Gasteiger partial charge in [-0.15, -0.1) is 0 Å². The van der Waals surface area contributed by atoms with Gasteiger partial charge in [-0.3, -0.25) is 9.44 Å². The van der Waals surface area contributed by atoms with Crippen LogP contribution in [0, 0.1) is 0 Å². The van der Waals surface area contributed by atoms with E-state index in [0.29, 0.717) is 0 Å². The molecule has 0 fully saturated rings. The van der Waals surface area contributed by atoms with Crippen LogP contribution in [0.15, 0.2) is 53.4 Å². The predicted octanol–water partition coefficient (Wildman–Crippen LogP) is 1.56. The lowest BCUT2D eigenvalue weighted by Gasteiger charge is -2.11. The van der Waals surface area contributed by atoms with E-state index in [9.17, 15) is 21.9 Å². The summed E-state index contributed by atoms with van der Waals surface area (Å²) in [6.07, 6.45) is 0.924. The smallest absolute Gasteiger partial charge is 0.261 e. The molecule has 0 heterocycles. The number of rotatable bonds is 5. The zero-order chi connectivity index (χ0) is 16.4. The molecule has 0 unspecified atom stereocenters. The molecule has 0 amide bonds. The Balaban J connectivity index is 2.33. The summed E-state index contributed by atoms with van der Waals surface area (Å²) in [4.78, 5) is 0.0701. The number of hydrogen-bond acceptors (Lipinski definition) is 5. The Bertz CT molecular complexity index is 878. The van der Waals surface area contributed by atoms with Crippen molar-refractivity contribution in [2.75, 3.05) is 15.7 Å². The maximum absolute atomic E-state index is 12.2. The van der Waals surface area contributed by atoms with Crippen molar-refractivity contribution in [3.05, 3.63) is 48.5 Å². The molecule has 3 N–H and O–H groups in total. The van der Waals surface area contributed by atoms with E-state index in [-0.39, 0.29) is 22.0 Å². The normalized spacial score (nSPS) is 11.9. The van der Waals surface area contributed by atoms with Gasteiger partial charge in [0.1, 0.15) is 5.75 Å². The van der Waals surface area contributed by atoms with Crippen LogP contribution in [0.5, 0.6) is 5.75 Å². The highest BCUT2D eigenvalue weighted by molar-refractivity contribution is 7.92. The quantitative estimate of drug-likeness (QED) is 0.564. The van der Waals surface area contributed by atoms with Crippen LogP contribution in [0.2, 0.25) is 0 Å². The first kappa shape index (κ1) is 16.1. The molecule has 2 aromatic carbocycles. The average Bonchev–Trinajstić information content (AvgIpc) is 2.42. The zero-order valence-electron chi connectivity index (χ0n) is 11.5. The molecule has 9 heteroatoms. The fourth-order valence-electron chi connectivity index (χ4n) is 1.69. The average molecular weight is 342 g/mol. The highest BCUT2D eigenvalue weighted by Gasteiger charge is 2.15. The summed E-state index contributed by atoms with van der Waals surface area (Å²) in [5, 5.41) is 9.61. The molecule has 0 atom stereocenters. The standard InChI is InChI=1S/C13H14N2O5S2/c1-21(17,18)15-12-9-10(7-8-13(12)16)14-22(19,20)11-5-3-2-4-6-11/h2-9,14-16H,1H3. The van der Waals surface area contributed by atoms with Crippen LogP contribution in [0.3, 0.4) is 0 Å². The molecule has 0 saturated heterocycles. The van der Waals surface area contributed by atoms with Crippen LogP contribution in [-0.4, -0.2) is 28.2 Å². The van der Waals surface area contributed by atoms with Gasteiger partial charge in [-0.1, -0.05) is 18.2 Å². The number of benzene rings is 2. The van der Waals surface area contributed by atoms with Gasteiger partial charge < -0.3 is 5.11 Å². The highest BCUT2D eigenvalue weighted by atomic mass is 32.2. The first-order valence-electron chi connectivity index (χ1n) is 6.06. The Morgan fingerprint density at radius 3 is 2.14 bits per heavy atom. The van der Waals surface area contributed by atoms with Crippen molar-refractivity contribution in [2.24, 2.45) is 0 Å². The summed E-state index contributed by atoms with van der Waals surface area (Å²) < 4.78 is 51.2. The minimum Gasteiger partial charge on any atom is -0.506 e. The Kier molecular flexibility index (Phi) is 4.29. The van der Waals surface area contributed by atoms with Crippen molar-refractivity contribution in [2.45, 2.75) is 4.90 Å². The van der Waals surface area contributed by atoms with Gasteiger partial charge in [0.2, 0.25) is 10.0 Å². The van der Waals surface area contributed by atoms with E-state index in [4.69, 9.17) is 0 Å². The first-order chi connectivity index (χ1) is 10.2. The van der Waals surface area contributed by atoms with E-state index < -0.39 is 20.0 Å². The van der Waals surface area contributed by atoms with Gasteiger partial charge >= 0.3 is 0 Å². The maximum atomic E-state index is 12.2. The van der Waals surface area contributed by atoms with E-state index >= 15 is 0 Å². The summed E-state index contributed by atoms with van der Waals surface area (Å²) in [7, 11) is -7.40. The lowest BCUT2D eigenvalue weighted by atomic mass is 10.3. The monoisotopic (exact) mass is 342 g/mol. The molecule has 22 heavy (non-hydrogen) atoms. The van der Waals surface area contributed by atoms with E-state index in [1.165, 1.54) is 30.3 Å². The molecule has 0 aliphatic carbocycles. The van der Waals surface area contributed by atoms with Crippen molar-refractivity contribution in [1.29, 1.82) is 0 Å². The number of anilines is 2. The molecule has 2 rings (SSSR count). The molecule has 0 radical (unpaired) electrons. The molecule has 0 saturated carbocycles. The minimum absolute atomic E-state index is 0.0701. The molecule has 118 valence electrons.